The van der Waals surface area contributed by atoms with Crippen LogP contribution in [0.5, 0.6) is 0 Å². The van der Waals surface area contributed by atoms with Gasteiger partial charge in [-0.25, -0.2) is 0 Å². The largest absolute Gasteiger partial charge is 0.481 e. The number of carboxylic acid groups (broad SMARTS) is 1. The summed E-state index contributed by atoms with van der Waals surface area (Å²) in [5.41, 5.74) is 4.82. The molecule has 0 aliphatic heterocycles. The van der Waals surface area contributed by atoms with Crippen LogP contribution in [-0.4, -0.2) is 38.7 Å². The minimum absolute atomic E-state index is 0.176. The number of rotatable bonds is 2. The number of hydrogen-bond donors (Lipinski definition) is 2. The molecule has 4 saturated carbocycles. The van der Waals surface area contributed by atoms with Crippen molar-refractivity contribution in [3.63, 3.8) is 0 Å². The second-order valence-electron chi connectivity index (χ2n) is 15.3. The molecular formula is C48H75NO4. The van der Waals surface area contributed by atoms with Gasteiger partial charge in [-0.15, -0.1) is 45.1 Å². The molecule has 0 spiro atoms. The van der Waals surface area contributed by atoms with E-state index in [1.807, 2.05) is 48.4 Å². The van der Waals surface area contributed by atoms with Crippen LogP contribution in [0.4, 0.5) is 0 Å². The number of benzene rings is 1. The molecule has 5 aliphatic rings. The van der Waals surface area contributed by atoms with E-state index < -0.39 is 11.4 Å². The van der Waals surface area contributed by atoms with Crippen LogP contribution in [-0.2, 0) is 14.4 Å². The smallest absolute Gasteiger partial charge is 0.309 e. The molecule has 5 heteroatoms. The molecule has 1 aromatic carbocycles. The first-order valence-corrected chi connectivity index (χ1v) is 19.1. The molecule has 1 aromatic rings. The third kappa shape index (κ3) is 11.1. The molecule has 0 bridgehead atoms. The Labute approximate surface area is 326 Å². The van der Waals surface area contributed by atoms with Gasteiger partial charge in [0.15, 0.2) is 0 Å². The quantitative estimate of drug-likeness (QED) is 0.234. The fourth-order valence-electron chi connectivity index (χ4n) is 11.5. The normalized spacial score (nSPS) is 31.3. The topological polar surface area (TPSA) is 83.5 Å². The highest BCUT2D eigenvalue weighted by molar-refractivity contribution is 5.76. The van der Waals surface area contributed by atoms with Crippen LogP contribution in [0, 0.1) is 96.7 Å². The second kappa shape index (κ2) is 26.0. The predicted molar refractivity (Wildman–Crippen MR) is 229 cm³/mol. The van der Waals surface area contributed by atoms with E-state index in [0.29, 0.717) is 28.6 Å². The predicted octanol–water partition coefficient (Wildman–Crippen LogP) is 11.0. The van der Waals surface area contributed by atoms with E-state index in [-0.39, 0.29) is 5.41 Å². The highest BCUT2D eigenvalue weighted by Crippen LogP contribution is 2.73. The Balaban J connectivity index is -0.00000121. The first kappa shape index (κ1) is 53.5. The van der Waals surface area contributed by atoms with Crippen LogP contribution in [0.2, 0.25) is 0 Å². The van der Waals surface area contributed by atoms with E-state index in [0.717, 1.165) is 43.9 Å². The van der Waals surface area contributed by atoms with Crippen LogP contribution in [0.1, 0.15) is 124 Å². The summed E-state index contributed by atoms with van der Waals surface area (Å²) >= 11 is 0. The Bertz CT molecular complexity index is 1290. The average molecular weight is 730 g/mol. The fourth-order valence-corrected chi connectivity index (χ4v) is 11.5. The van der Waals surface area contributed by atoms with Crippen molar-refractivity contribution in [3.8, 4) is 38.5 Å². The molecule has 0 radical (unpaired) electrons. The average Bonchev–Trinajstić information content (AvgIpc) is 3.63. The molecule has 5 aliphatic carbocycles. The lowest BCUT2D eigenvalue weighted by atomic mass is 9.36. The van der Waals surface area contributed by atoms with E-state index >= 15 is 0 Å². The minimum atomic E-state index is -0.482. The summed E-state index contributed by atoms with van der Waals surface area (Å²) in [6, 6.07) is 9.13. The Morgan fingerprint density at radius 3 is 1.83 bits per heavy atom. The van der Waals surface area contributed by atoms with Crippen molar-refractivity contribution in [2.24, 2.45) is 51.2 Å². The summed E-state index contributed by atoms with van der Waals surface area (Å²) in [5.74, 6) is 2.77. The minimum Gasteiger partial charge on any atom is -0.481 e. The third-order valence-corrected chi connectivity index (χ3v) is 12.8. The zero-order chi connectivity index (χ0) is 42.2. The zero-order valence-corrected chi connectivity index (χ0v) is 35.2. The SMILES string of the molecule is C#C.C#C.C#C.C=CC.C=O.C=O.CC.CNC.Cc1cccc(C2=CC[C@@]3(C)C(CC[C@@]4(C)C5CC[C@@]6(C(=O)O)CCCC6[C@H]5CCC43)C2(C)C)c1. The van der Waals surface area contributed by atoms with Gasteiger partial charge < -0.3 is 20.0 Å². The number of hydrogen-bond acceptors (Lipinski definition) is 4. The van der Waals surface area contributed by atoms with Crippen molar-refractivity contribution in [2.45, 2.75) is 120 Å². The Kier molecular flexibility index (Phi) is 26.3. The van der Waals surface area contributed by atoms with Crippen molar-refractivity contribution in [3.05, 3.63) is 54.1 Å². The van der Waals surface area contributed by atoms with Crippen LogP contribution in [0.3, 0.4) is 0 Å². The lowest BCUT2D eigenvalue weighted by molar-refractivity contribution is -0.187. The van der Waals surface area contributed by atoms with E-state index in [1.54, 1.807) is 11.6 Å². The maximum Gasteiger partial charge on any atom is 0.309 e. The second-order valence-corrected chi connectivity index (χ2v) is 15.3. The van der Waals surface area contributed by atoms with Gasteiger partial charge in [0.2, 0.25) is 0 Å². The molecule has 6 rings (SSSR count). The summed E-state index contributed by atoms with van der Waals surface area (Å²) in [5, 5.41) is 13.0. The molecule has 5 nitrogen and oxygen atoms in total. The summed E-state index contributed by atoms with van der Waals surface area (Å²) in [6.45, 7) is 25.8. The maximum atomic E-state index is 12.5. The molecule has 4 fully saturated rings. The van der Waals surface area contributed by atoms with Crippen molar-refractivity contribution < 1.29 is 19.5 Å². The number of aryl methyl sites for hydroxylation is 1. The fraction of sp³-hybridized carbons (Fsp3) is 0.604. The number of carbonyl (C=O) groups is 3. The molecule has 296 valence electrons. The van der Waals surface area contributed by atoms with E-state index in [9.17, 15) is 9.90 Å². The van der Waals surface area contributed by atoms with Gasteiger partial charge >= 0.3 is 5.97 Å². The van der Waals surface area contributed by atoms with Gasteiger partial charge in [0, 0.05) is 0 Å². The molecule has 0 amide bonds. The first-order chi connectivity index (χ1) is 25.4. The molecule has 0 heterocycles. The number of carbonyl (C=O) groups excluding carboxylic acids is 2. The van der Waals surface area contributed by atoms with Gasteiger partial charge in [-0.3, -0.25) is 4.79 Å². The van der Waals surface area contributed by atoms with E-state index in [4.69, 9.17) is 9.59 Å². The summed E-state index contributed by atoms with van der Waals surface area (Å²) in [7, 11) is 3.75. The van der Waals surface area contributed by atoms with Crippen molar-refractivity contribution in [1.82, 2.24) is 5.32 Å². The van der Waals surface area contributed by atoms with Crippen LogP contribution in [0.25, 0.3) is 5.57 Å². The third-order valence-electron chi connectivity index (χ3n) is 12.8. The molecule has 2 N–H and O–H groups in total. The van der Waals surface area contributed by atoms with Crippen molar-refractivity contribution in [2.75, 3.05) is 14.1 Å². The first-order valence-electron chi connectivity index (χ1n) is 19.1. The number of fused-ring (bicyclic) bond motifs is 7. The number of nitrogens with one attached hydrogen (secondary N) is 1. The van der Waals surface area contributed by atoms with Crippen LogP contribution < -0.4 is 5.32 Å². The highest BCUT2D eigenvalue weighted by atomic mass is 16.4. The molecule has 4 unspecified atom stereocenters. The number of allylic oxidation sites excluding steroid dienone is 3. The van der Waals surface area contributed by atoms with Gasteiger partial charge in [-0.05, 0) is 143 Å². The van der Waals surface area contributed by atoms with Crippen LogP contribution >= 0.6 is 0 Å². The Morgan fingerprint density at radius 2 is 1.34 bits per heavy atom. The molecule has 8 atom stereocenters. The monoisotopic (exact) mass is 730 g/mol. The van der Waals surface area contributed by atoms with Crippen LogP contribution in [0.15, 0.2) is 43.0 Å². The van der Waals surface area contributed by atoms with E-state index in [1.165, 1.54) is 43.2 Å². The number of carboxylic acids is 1. The lowest BCUT2D eigenvalue weighted by Gasteiger charge is -2.68. The summed E-state index contributed by atoms with van der Waals surface area (Å²) < 4.78 is 0. The van der Waals surface area contributed by atoms with Gasteiger partial charge in [-0.1, -0.05) is 89.9 Å². The van der Waals surface area contributed by atoms with Crippen molar-refractivity contribution >= 4 is 25.1 Å². The maximum absolute atomic E-state index is 12.5. The molecule has 0 saturated heterocycles. The summed E-state index contributed by atoms with van der Waals surface area (Å²) in [6.07, 6.45) is 40.1. The van der Waals surface area contributed by atoms with Gasteiger partial charge in [0.05, 0.1) is 5.41 Å². The summed E-state index contributed by atoms with van der Waals surface area (Å²) in [4.78, 5) is 28.5. The molecule has 53 heavy (non-hydrogen) atoms. The lowest BCUT2D eigenvalue weighted by Crippen LogP contribution is -2.61. The van der Waals surface area contributed by atoms with Gasteiger partial charge in [0.1, 0.15) is 13.6 Å². The zero-order valence-electron chi connectivity index (χ0n) is 35.2. The standard InChI is InChI=1S/C33H46O2.C3H6.C2H7N.C2H6.3C2H2.2CH2O/c1-21-8-6-9-22(20-21)24-13-17-32(5)27(30(24,2)3)15-18-31(4)25-14-19-33(29(34)35)16-7-10-26(33)23(25)11-12-28(31)32;2*1-3-2;6*1-2/h6,8-9,13,20,23,25-28H,7,10-12,14-19H2,1-5H3,(H,34,35);3H,1H2,2H3;3H,1-2H3;1-2H3;3*1-2H;2*1H2/t23-,25?,26?,27?,28?,31-,32-,33-;;;;;;;;/m0......../s1. The Hall–Kier alpha value is -3.85. The Morgan fingerprint density at radius 1 is 0.811 bits per heavy atom. The number of terminal acetylenes is 3. The van der Waals surface area contributed by atoms with Crippen molar-refractivity contribution in [1.29, 1.82) is 0 Å². The van der Waals surface area contributed by atoms with E-state index in [2.05, 4.69) is 115 Å². The van der Waals surface area contributed by atoms with Gasteiger partial charge in [0.25, 0.3) is 0 Å². The highest BCUT2D eigenvalue weighted by Gasteiger charge is 2.66. The van der Waals surface area contributed by atoms with Gasteiger partial charge in [-0.2, -0.15) is 0 Å². The molecular weight excluding hydrogens is 655 g/mol. The molecule has 0 aromatic heterocycles. The number of aliphatic carboxylic acids is 1.